The number of aryl methyl sites for hydroxylation is 2. The van der Waals surface area contributed by atoms with Crippen molar-refractivity contribution in [3.05, 3.63) is 28.3 Å². The van der Waals surface area contributed by atoms with Crippen molar-refractivity contribution in [2.45, 2.75) is 6.92 Å². The molecule has 0 bridgehead atoms. The van der Waals surface area contributed by atoms with E-state index in [9.17, 15) is 9.59 Å². The first-order valence-electron chi connectivity index (χ1n) is 6.56. The predicted molar refractivity (Wildman–Crippen MR) is 78.3 cm³/mol. The van der Waals surface area contributed by atoms with Gasteiger partial charge in [0.2, 0.25) is 0 Å². The second-order valence-corrected chi connectivity index (χ2v) is 6.28. The maximum atomic E-state index is 12.4. The quantitative estimate of drug-likeness (QED) is 0.935. The fourth-order valence-corrected chi connectivity index (χ4v) is 3.00. The van der Waals surface area contributed by atoms with E-state index >= 15 is 0 Å². The molecule has 1 aliphatic rings. The lowest BCUT2D eigenvalue weighted by atomic mass is 10.00. The lowest BCUT2D eigenvalue weighted by Crippen LogP contribution is -2.53. The predicted octanol–water partition coefficient (Wildman–Crippen LogP) is 1.61. The second-order valence-electron chi connectivity index (χ2n) is 5.22. The average molecular weight is 305 g/mol. The number of carbonyl (C=O) groups excluding carboxylic acids is 1. The third-order valence-electron chi connectivity index (χ3n) is 3.66. The highest BCUT2D eigenvalue weighted by Crippen LogP contribution is 2.25. The van der Waals surface area contributed by atoms with Crippen LogP contribution >= 0.6 is 11.3 Å². The first-order valence-corrected chi connectivity index (χ1v) is 7.44. The number of hydrogen-bond acceptors (Lipinski definition) is 4. The molecule has 1 saturated heterocycles. The van der Waals surface area contributed by atoms with Crippen LogP contribution in [0, 0.1) is 12.8 Å². The highest BCUT2D eigenvalue weighted by molar-refractivity contribution is 7.09. The standard InChI is InChI=1S/C14H15N3O3S/c1-8-15-11(7-21-8)9-3-12(16(2)4-9)13(18)17-5-10(6-17)14(19)20/h3-4,7,10H,5-6H2,1-2H3,(H,19,20). The van der Waals surface area contributed by atoms with Crippen LogP contribution in [0.2, 0.25) is 0 Å². The molecule has 1 N–H and O–H groups in total. The topological polar surface area (TPSA) is 75.4 Å². The zero-order chi connectivity index (χ0) is 15.1. The van der Waals surface area contributed by atoms with E-state index in [1.54, 1.807) is 20.8 Å². The van der Waals surface area contributed by atoms with Crippen LogP contribution in [0.4, 0.5) is 0 Å². The smallest absolute Gasteiger partial charge is 0.310 e. The van der Waals surface area contributed by atoms with Gasteiger partial charge in [0.25, 0.3) is 5.91 Å². The number of thiazole rings is 1. The summed E-state index contributed by atoms with van der Waals surface area (Å²) in [6, 6.07) is 1.81. The Morgan fingerprint density at radius 2 is 2.14 bits per heavy atom. The average Bonchev–Trinajstić information content (AvgIpc) is 2.92. The molecular weight excluding hydrogens is 290 g/mol. The van der Waals surface area contributed by atoms with Gasteiger partial charge in [0.1, 0.15) is 5.69 Å². The molecule has 0 unspecified atom stereocenters. The minimum absolute atomic E-state index is 0.131. The third-order valence-corrected chi connectivity index (χ3v) is 4.43. The van der Waals surface area contributed by atoms with E-state index < -0.39 is 11.9 Å². The molecule has 1 amide bonds. The number of hydrogen-bond donors (Lipinski definition) is 1. The fourth-order valence-electron chi connectivity index (χ4n) is 2.38. The molecule has 2 aromatic heterocycles. The molecule has 7 heteroatoms. The van der Waals surface area contributed by atoms with E-state index in [2.05, 4.69) is 4.98 Å². The molecule has 2 aromatic rings. The summed E-state index contributed by atoms with van der Waals surface area (Å²) < 4.78 is 1.76. The summed E-state index contributed by atoms with van der Waals surface area (Å²) in [6.07, 6.45) is 1.87. The van der Waals surface area contributed by atoms with Gasteiger partial charge in [0.15, 0.2) is 0 Å². The van der Waals surface area contributed by atoms with Gasteiger partial charge in [-0.15, -0.1) is 11.3 Å². The Hall–Kier alpha value is -2.15. The number of carboxylic acid groups (broad SMARTS) is 1. The lowest BCUT2D eigenvalue weighted by Gasteiger charge is -2.36. The Balaban J connectivity index is 1.79. The first kappa shape index (κ1) is 13.8. The van der Waals surface area contributed by atoms with Crippen LogP contribution in [0.15, 0.2) is 17.6 Å². The summed E-state index contributed by atoms with van der Waals surface area (Å²) in [7, 11) is 1.81. The zero-order valence-corrected chi connectivity index (χ0v) is 12.6. The van der Waals surface area contributed by atoms with Crippen LogP contribution in [0.1, 0.15) is 15.5 Å². The minimum atomic E-state index is -0.843. The Labute approximate surface area is 125 Å². The highest BCUT2D eigenvalue weighted by Gasteiger charge is 2.36. The number of carboxylic acids is 1. The van der Waals surface area contributed by atoms with Crippen LogP contribution in [-0.2, 0) is 11.8 Å². The van der Waals surface area contributed by atoms with Gasteiger partial charge in [-0.25, -0.2) is 4.98 Å². The molecule has 1 aliphatic heterocycles. The summed E-state index contributed by atoms with van der Waals surface area (Å²) in [5, 5.41) is 11.8. The van der Waals surface area contributed by atoms with E-state index in [4.69, 9.17) is 5.11 Å². The molecule has 3 heterocycles. The minimum Gasteiger partial charge on any atom is -0.481 e. The Bertz CT molecular complexity index is 713. The highest BCUT2D eigenvalue weighted by atomic mass is 32.1. The van der Waals surface area contributed by atoms with Crippen LogP contribution in [-0.4, -0.2) is 44.5 Å². The molecule has 110 valence electrons. The van der Waals surface area contributed by atoms with Gasteiger partial charge < -0.3 is 14.6 Å². The lowest BCUT2D eigenvalue weighted by molar-refractivity contribution is -0.146. The van der Waals surface area contributed by atoms with Crippen molar-refractivity contribution < 1.29 is 14.7 Å². The maximum absolute atomic E-state index is 12.4. The largest absolute Gasteiger partial charge is 0.481 e. The number of amides is 1. The molecule has 0 radical (unpaired) electrons. The Morgan fingerprint density at radius 3 is 2.71 bits per heavy atom. The monoisotopic (exact) mass is 305 g/mol. The number of likely N-dealkylation sites (tertiary alicyclic amines) is 1. The molecule has 0 saturated carbocycles. The molecule has 0 atom stereocenters. The first-order chi connectivity index (χ1) is 9.95. The molecule has 0 aliphatic carbocycles. The normalized spacial score (nSPS) is 15.0. The summed E-state index contributed by atoms with van der Waals surface area (Å²) in [4.78, 5) is 29.1. The summed E-state index contributed by atoms with van der Waals surface area (Å²) in [5.41, 5.74) is 2.32. The molecule has 0 aromatic carbocycles. The van der Waals surface area contributed by atoms with Crippen LogP contribution in [0.5, 0.6) is 0 Å². The zero-order valence-electron chi connectivity index (χ0n) is 11.7. The Morgan fingerprint density at radius 1 is 1.43 bits per heavy atom. The van der Waals surface area contributed by atoms with Gasteiger partial charge >= 0.3 is 5.97 Å². The van der Waals surface area contributed by atoms with Crippen LogP contribution < -0.4 is 0 Å². The van der Waals surface area contributed by atoms with Gasteiger partial charge in [0, 0.05) is 37.3 Å². The van der Waals surface area contributed by atoms with Gasteiger partial charge in [0.05, 0.1) is 16.6 Å². The van der Waals surface area contributed by atoms with E-state index in [0.717, 1.165) is 16.3 Å². The molecule has 3 rings (SSSR count). The van der Waals surface area contributed by atoms with Crippen molar-refractivity contribution in [2.75, 3.05) is 13.1 Å². The van der Waals surface area contributed by atoms with E-state index in [-0.39, 0.29) is 19.0 Å². The molecule has 6 nitrogen and oxygen atoms in total. The number of rotatable bonds is 3. The van der Waals surface area contributed by atoms with Gasteiger partial charge in [-0.3, -0.25) is 9.59 Å². The molecule has 21 heavy (non-hydrogen) atoms. The van der Waals surface area contributed by atoms with Crippen molar-refractivity contribution in [3.8, 4) is 11.3 Å². The van der Waals surface area contributed by atoms with Gasteiger partial charge in [-0.05, 0) is 13.0 Å². The van der Waals surface area contributed by atoms with Gasteiger partial charge in [-0.2, -0.15) is 0 Å². The van der Waals surface area contributed by atoms with Crippen molar-refractivity contribution in [1.29, 1.82) is 0 Å². The Kier molecular flexibility index (Phi) is 3.29. The fraction of sp³-hybridized carbons (Fsp3) is 0.357. The van der Waals surface area contributed by atoms with E-state index in [1.807, 2.05) is 31.6 Å². The van der Waals surface area contributed by atoms with Crippen molar-refractivity contribution >= 4 is 23.2 Å². The van der Waals surface area contributed by atoms with Crippen LogP contribution in [0.25, 0.3) is 11.3 Å². The van der Waals surface area contributed by atoms with E-state index in [0.29, 0.717) is 5.69 Å². The number of aromatic nitrogens is 2. The van der Waals surface area contributed by atoms with E-state index in [1.165, 1.54) is 0 Å². The summed E-state index contributed by atoms with van der Waals surface area (Å²) in [6.45, 7) is 2.50. The number of nitrogens with zero attached hydrogens (tertiary/aromatic N) is 3. The molecular formula is C14H15N3O3S. The maximum Gasteiger partial charge on any atom is 0.310 e. The second kappa shape index (κ2) is 5.00. The third kappa shape index (κ3) is 2.44. The molecule has 0 spiro atoms. The molecule has 1 fully saturated rings. The van der Waals surface area contributed by atoms with Crippen LogP contribution in [0.3, 0.4) is 0 Å². The summed E-state index contributed by atoms with van der Waals surface area (Å²) in [5.74, 6) is -1.41. The number of aliphatic carboxylic acids is 1. The van der Waals surface area contributed by atoms with Crippen molar-refractivity contribution in [1.82, 2.24) is 14.5 Å². The SMILES string of the molecule is Cc1nc(-c2cc(C(=O)N3CC(C(=O)O)C3)n(C)c2)cs1. The van der Waals surface area contributed by atoms with Gasteiger partial charge in [-0.1, -0.05) is 0 Å². The summed E-state index contributed by atoms with van der Waals surface area (Å²) >= 11 is 1.57. The number of carbonyl (C=O) groups is 2. The van der Waals surface area contributed by atoms with Crippen molar-refractivity contribution in [3.63, 3.8) is 0 Å². The van der Waals surface area contributed by atoms with Crippen molar-refractivity contribution in [2.24, 2.45) is 13.0 Å².